The SMILES string of the molecule is Clc1ccc(Oc2ccc3nc(-c4ccc(OCCCN5CCOCC5)cc4)oc3c2)nc1. The number of aromatic nitrogens is 2. The van der Waals surface area contributed by atoms with Gasteiger partial charge < -0.3 is 18.6 Å². The zero-order valence-electron chi connectivity index (χ0n) is 18.1. The second kappa shape index (κ2) is 10.2. The molecule has 0 saturated carbocycles. The summed E-state index contributed by atoms with van der Waals surface area (Å²) < 4.78 is 23.0. The molecule has 1 aliphatic rings. The molecule has 170 valence electrons. The van der Waals surface area contributed by atoms with E-state index < -0.39 is 0 Å². The van der Waals surface area contributed by atoms with Crippen LogP contribution in [0.1, 0.15) is 6.42 Å². The topological polar surface area (TPSA) is 69.9 Å². The van der Waals surface area contributed by atoms with Crippen molar-refractivity contribution in [2.24, 2.45) is 0 Å². The molecule has 1 aliphatic heterocycles. The van der Waals surface area contributed by atoms with Crippen LogP contribution in [0.2, 0.25) is 5.02 Å². The van der Waals surface area contributed by atoms with Crippen LogP contribution in [-0.2, 0) is 4.74 Å². The van der Waals surface area contributed by atoms with E-state index in [0.29, 0.717) is 34.7 Å². The lowest BCUT2D eigenvalue weighted by Crippen LogP contribution is -2.37. The minimum absolute atomic E-state index is 0.457. The Morgan fingerprint density at radius 2 is 1.79 bits per heavy atom. The van der Waals surface area contributed by atoms with Crippen molar-refractivity contribution in [3.05, 3.63) is 65.8 Å². The average Bonchev–Trinajstić information content (AvgIpc) is 3.28. The van der Waals surface area contributed by atoms with E-state index in [2.05, 4.69) is 14.9 Å². The van der Waals surface area contributed by atoms with Gasteiger partial charge in [0.15, 0.2) is 5.58 Å². The number of morpholine rings is 1. The summed E-state index contributed by atoms with van der Waals surface area (Å²) in [4.78, 5) is 11.1. The standard InChI is InChI=1S/C25H24ClN3O4/c26-19-4-9-24(27-17-19)32-21-7-8-22-23(16-21)33-25(28-22)18-2-5-20(6-3-18)31-13-1-10-29-11-14-30-15-12-29/h2-9,16-17H,1,10-15H2. The Balaban J connectivity index is 1.19. The summed E-state index contributed by atoms with van der Waals surface area (Å²) in [6.45, 7) is 5.38. The van der Waals surface area contributed by atoms with Gasteiger partial charge in [0.05, 0.1) is 24.8 Å². The van der Waals surface area contributed by atoms with Crippen LogP contribution in [0.3, 0.4) is 0 Å². The lowest BCUT2D eigenvalue weighted by Gasteiger charge is -2.26. The first-order valence-electron chi connectivity index (χ1n) is 11.0. The smallest absolute Gasteiger partial charge is 0.227 e. The number of nitrogens with zero attached hydrogens (tertiary/aromatic N) is 3. The van der Waals surface area contributed by atoms with E-state index in [1.807, 2.05) is 36.4 Å². The fourth-order valence-electron chi connectivity index (χ4n) is 3.63. The summed E-state index contributed by atoms with van der Waals surface area (Å²) >= 11 is 5.87. The Kier molecular flexibility index (Phi) is 6.71. The van der Waals surface area contributed by atoms with E-state index in [1.165, 1.54) is 0 Å². The van der Waals surface area contributed by atoms with Crippen molar-refractivity contribution in [2.75, 3.05) is 39.5 Å². The number of benzene rings is 2. The molecule has 0 atom stereocenters. The molecule has 0 bridgehead atoms. The predicted molar refractivity (Wildman–Crippen MR) is 126 cm³/mol. The molecular formula is C25H24ClN3O4. The molecular weight excluding hydrogens is 442 g/mol. The predicted octanol–water partition coefficient (Wildman–Crippen LogP) is 5.44. The molecule has 33 heavy (non-hydrogen) atoms. The van der Waals surface area contributed by atoms with E-state index in [1.54, 1.807) is 24.4 Å². The van der Waals surface area contributed by atoms with E-state index in [0.717, 1.165) is 56.1 Å². The summed E-state index contributed by atoms with van der Waals surface area (Å²) in [6.07, 6.45) is 2.53. The van der Waals surface area contributed by atoms with Crippen LogP contribution >= 0.6 is 11.6 Å². The Morgan fingerprint density at radius 1 is 0.970 bits per heavy atom. The number of halogens is 1. The van der Waals surface area contributed by atoms with E-state index >= 15 is 0 Å². The molecule has 0 N–H and O–H groups in total. The number of oxazole rings is 1. The Morgan fingerprint density at radius 3 is 2.58 bits per heavy atom. The number of hydrogen-bond donors (Lipinski definition) is 0. The Bertz CT molecular complexity index is 1190. The molecule has 0 radical (unpaired) electrons. The maximum atomic E-state index is 5.97. The highest BCUT2D eigenvalue weighted by atomic mass is 35.5. The normalized spacial score (nSPS) is 14.5. The highest BCUT2D eigenvalue weighted by Gasteiger charge is 2.11. The van der Waals surface area contributed by atoms with Crippen molar-refractivity contribution < 1.29 is 18.6 Å². The first-order chi connectivity index (χ1) is 16.2. The largest absolute Gasteiger partial charge is 0.494 e. The summed E-state index contributed by atoms with van der Waals surface area (Å²) in [5.41, 5.74) is 2.28. The van der Waals surface area contributed by atoms with Crippen LogP contribution in [0.5, 0.6) is 17.4 Å². The van der Waals surface area contributed by atoms with Gasteiger partial charge >= 0.3 is 0 Å². The van der Waals surface area contributed by atoms with Gasteiger partial charge in [-0.15, -0.1) is 0 Å². The van der Waals surface area contributed by atoms with E-state index in [9.17, 15) is 0 Å². The number of rotatable bonds is 8. The average molecular weight is 466 g/mol. The minimum atomic E-state index is 0.457. The summed E-state index contributed by atoms with van der Waals surface area (Å²) in [5.74, 6) is 2.45. The van der Waals surface area contributed by atoms with Gasteiger partial charge in [0.1, 0.15) is 17.0 Å². The maximum Gasteiger partial charge on any atom is 0.227 e. The monoisotopic (exact) mass is 465 g/mol. The molecule has 1 fully saturated rings. The fraction of sp³-hybridized carbons (Fsp3) is 0.280. The number of hydrogen-bond acceptors (Lipinski definition) is 7. The van der Waals surface area contributed by atoms with Crippen LogP contribution in [0.15, 0.2) is 65.2 Å². The second-order valence-corrected chi connectivity index (χ2v) is 8.18. The van der Waals surface area contributed by atoms with Crippen molar-refractivity contribution in [2.45, 2.75) is 6.42 Å². The van der Waals surface area contributed by atoms with Crippen LogP contribution in [0.4, 0.5) is 0 Å². The zero-order valence-corrected chi connectivity index (χ0v) is 18.8. The van der Waals surface area contributed by atoms with Gasteiger partial charge in [-0.1, -0.05) is 11.6 Å². The van der Waals surface area contributed by atoms with Crippen LogP contribution < -0.4 is 9.47 Å². The third-order valence-electron chi connectivity index (χ3n) is 5.37. The van der Waals surface area contributed by atoms with Gasteiger partial charge in [-0.05, 0) is 48.9 Å². The molecule has 1 saturated heterocycles. The number of pyridine rings is 1. The molecule has 4 aromatic rings. The molecule has 7 nitrogen and oxygen atoms in total. The van der Waals surface area contributed by atoms with Crippen LogP contribution in [-0.4, -0.2) is 54.3 Å². The molecule has 0 aliphatic carbocycles. The van der Waals surface area contributed by atoms with Crippen molar-refractivity contribution >= 4 is 22.7 Å². The van der Waals surface area contributed by atoms with Crippen molar-refractivity contribution in [3.8, 4) is 28.8 Å². The summed E-state index contributed by atoms with van der Waals surface area (Å²) in [5, 5.41) is 0.557. The van der Waals surface area contributed by atoms with E-state index in [-0.39, 0.29) is 0 Å². The van der Waals surface area contributed by atoms with Crippen molar-refractivity contribution in [3.63, 3.8) is 0 Å². The first-order valence-corrected chi connectivity index (χ1v) is 11.3. The third kappa shape index (κ3) is 5.63. The highest BCUT2D eigenvalue weighted by molar-refractivity contribution is 6.30. The lowest BCUT2D eigenvalue weighted by atomic mass is 10.2. The highest BCUT2D eigenvalue weighted by Crippen LogP contribution is 2.30. The Labute approximate surface area is 196 Å². The second-order valence-electron chi connectivity index (χ2n) is 7.75. The lowest BCUT2D eigenvalue weighted by molar-refractivity contribution is 0.0358. The molecule has 0 spiro atoms. The van der Waals surface area contributed by atoms with Gasteiger partial charge in [0, 0.05) is 43.5 Å². The van der Waals surface area contributed by atoms with Gasteiger partial charge in [0.25, 0.3) is 0 Å². The van der Waals surface area contributed by atoms with Crippen molar-refractivity contribution in [1.29, 1.82) is 0 Å². The van der Waals surface area contributed by atoms with Crippen LogP contribution in [0.25, 0.3) is 22.6 Å². The molecule has 2 aromatic carbocycles. The zero-order chi connectivity index (χ0) is 22.5. The van der Waals surface area contributed by atoms with Crippen molar-refractivity contribution in [1.82, 2.24) is 14.9 Å². The third-order valence-corrected chi connectivity index (χ3v) is 5.60. The molecule has 0 unspecified atom stereocenters. The van der Waals surface area contributed by atoms with Gasteiger partial charge in [-0.25, -0.2) is 9.97 Å². The quantitative estimate of drug-likeness (QED) is 0.321. The molecule has 5 rings (SSSR count). The van der Waals surface area contributed by atoms with Gasteiger partial charge in [0.2, 0.25) is 11.8 Å². The van der Waals surface area contributed by atoms with Gasteiger partial charge in [-0.2, -0.15) is 0 Å². The summed E-state index contributed by atoms with van der Waals surface area (Å²) in [7, 11) is 0. The van der Waals surface area contributed by atoms with Crippen LogP contribution in [0, 0.1) is 0 Å². The van der Waals surface area contributed by atoms with Gasteiger partial charge in [-0.3, -0.25) is 4.90 Å². The van der Waals surface area contributed by atoms with E-state index in [4.69, 9.17) is 30.2 Å². The fourth-order valence-corrected chi connectivity index (χ4v) is 3.74. The Hall–Kier alpha value is -3.13. The first kappa shape index (κ1) is 21.7. The number of fused-ring (bicyclic) bond motifs is 1. The minimum Gasteiger partial charge on any atom is -0.494 e. The maximum absolute atomic E-state index is 5.97. The molecule has 3 heterocycles. The molecule has 0 amide bonds. The summed E-state index contributed by atoms with van der Waals surface area (Å²) in [6, 6.07) is 16.7. The number of ether oxygens (including phenoxy) is 3. The molecule has 8 heteroatoms. The molecule has 2 aromatic heterocycles.